The summed E-state index contributed by atoms with van der Waals surface area (Å²) in [5, 5.41) is 14.7. The van der Waals surface area contributed by atoms with Gasteiger partial charge in [0.2, 0.25) is 5.91 Å². The summed E-state index contributed by atoms with van der Waals surface area (Å²) in [6.45, 7) is 2.58. The number of amides is 2. The van der Waals surface area contributed by atoms with Gasteiger partial charge in [-0.25, -0.2) is 0 Å². The summed E-state index contributed by atoms with van der Waals surface area (Å²) in [5.41, 5.74) is 3.39. The highest BCUT2D eigenvalue weighted by atomic mass is 16.2. The van der Waals surface area contributed by atoms with Crippen LogP contribution < -0.4 is 10.6 Å². The Bertz CT molecular complexity index is 941. The van der Waals surface area contributed by atoms with Crippen molar-refractivity contribution >= 4 is 28.9 Å². The van der Waals surface area contributed by atoms with Crippen molar-refractivity contribution in [3.8, 4) is 6.07 Å². The second-order valence-corrected chi connectivity index (χ2v) is 5.96. The monoisotopic (exact) mass is 346 g/mol. The molecule has 3 rings (SSSR count). The summed E-state index contributed by atoms with van der Waals surface area (Å²) >= 11 is 0. The van der Waals surface area contributed by atoms with Gasteiger partial charge in [-0.2, -0.15) is 5.26 Å². The number of hydrogen-bond acceptors (Lipinski definition) is 4. The fraction of sp³-hybridized carbons (Fsp3) is 0.200. The number of carbonyl (C=O) groups is 2. The molecule has 1 heterocycles. The molecular weight excluding hydrogens is 328 g/mol. The van der Waals surface area contributed by atoms with E-state index < -0.39 is 0 Å². The Kier molecular flexibility index (Phi) is 5.09. The van der Waals surface area contributed by atoms with Crippen LogP contribution in [0.25, 0.3) is 0 Å². The molecule has 2 aromatic carbocycles. The summed E-state index contributed by atoms with van der Waals surface area (Å²) in [6, 6.07) is 14.1. The SMILES string of the molecule is CCCNC(=O)c1ccc2c(c1)NC(=O)CC(c1cccc(C#N)c1)=N2. The van der Waals surface area contributed by atoms with E-state index in [1.54, 1.807) is 36.4 Å². The van der Waals surface area contributed by atoms with Crippen LogP contribution in [0.4, 0.5) is 11.4 Å². The van der Waals surface area contributed by atoms with Crippen LogP contribution in [0.1, 0.15) is 41.3 Å². The molecule has 2 amide bonds. The lowest BCUT2D eigenvalue weighted by atomic mass is 10.0. The number of hydrogen-bond donors (Lipinski definition) is 2. The zero-order chi connectivity index (χ0) is 18.5. The molecule has 0 saturated carbocycles. The molecule has 0 fully saturated rings. The van der Waals surface area contributed by atoms with Crippen molar-refractivity contribution in [2.24, 2.45) is 4.99 Å². The third-order valence-electron chi connectivity index (χ3n) is 3.98. The Balaban J connectivity index is 1.97. The van der Waals surface area contributed by atoms with E-state index in [4.69, 9.17) is 5.26 Å². The molecular formula is C20H18N4O2. The minimum atomic E-state index is -0.212. The molecule has 2 aromatic rings. The lowest BCUT2D eigenvalue weighted by Crippen LogP contribution is -2.24. The van der Waals surface area contributed by atoms with Crippen LogP contribution in [0.5, 0.6) is 0 Å². The van der Waals surface area contributed by atoms with Crippen molar-refractivity contribution in [3.63, 3.8) is 0 Å². The predicted octanol–water partition coefficient (Wildman–Crippen LogP) is 3.16. The zero-order valence-electron chi connectivity index (χ0n) is 14.4. The maximum absolute atomic E-state index is 12.3. The Morgan fingerprint density at radius 2 is 2.15 bits per heavy atom. The largest absolute Gasteiger partial charge is 0.352 e. The lowest BCUT2D eigenvalue weighted by Gasteiger charge is -2.08. The van der Waals surface area contributed by atoms with Gasteiger partial charge in [-0.05, 0) is 42.3 Å². The fourth-order valence-electron chi connectivity index (χ4n) is 2.68. The predicted molar refractivity (Wildman–Crippen MR) is 99.7 cm³/mol. The van der Waals surface area contributed by atoms with Crippen LogP contribution >= 0.6 is 0 Å². The first-order valence-electron chi connectivity index (χ1n) is 8.41. The average Bonchev–Trinajstić information content (AvgIpc) is 2.83. The van der Waals surface area contributed by atoms with Crippen molar-refractivity contribution in [1.29, 1.82) is 5.26 Å². The summed E-state index contributed by atoms with van der Waals surface area (Å²) in [5.74, 6) is -0.393. The van der Waals surface area contributed by atoms with Crippen LogP contribution in [-0.4, -0.2) is 24.1 Å². The zero-order valence-corrected chi connectivity index (χ0v) is 14.4. The number of fused-ring (bicyclic) bond motifs is 1. The van der Waals surface area contributed by atoms with Gasteiger partial charge < -0.3 is 10.6 Å². The number of anilines is 1. The second kappa shape index (κ2) is 7.62. The molecule has 6 nitrogen and oxygen atoms in total. The first-order valence-corrected chi connectivity index (χ1v) is 8.41. The molecule has 0 aliphatic carbocycles. The quantitative estimate of drug-likeness (QED) is 0.890. The molecule has 26 heavy (non-hydrogen) atoms. The summed E-state index contributed by atoms with van der Waals surface area (Å²) in [7, 11) is 0. The highest BCUT2D eigenvalue weighted by molar-refractivity contribution is 6.17. The molecule has 0 radical (unpaired) electrons. The second-order valence-electron chi connectivity index (χ2n) is 5.96. The number of nitriles is 1. The molecule has 0 atom stereocenters. The van der Waals surface area contributed by atoms with E-state index in [9.17, 15) is 9.59 Å². The van der Waals surface area contributed by atoms with E-state index in [1.807, 2.05) is 13.0 Å². The Labute approximate surface area is 151 Å². The van der Waals surface area contributed by atoms with Crippen LogP contribution in [0, 0.1) is 11.3 Å². The van der Waals surface area contributed by atoms with Gasteiger partial charge in [0.15, 0.2) is 0 Å². The number of aliphatic imine (C=N–C) groups is 1. The number of benzene rings is 2. The van der Waals surface area contributed by atoms with Crippen molar-refractivity contribution in [2.45, 2.75) is 19.8 Å². The van der Waals surface area contributed by atoms with Crippen molar-refractivity contribution < 1.29 is 9.59 Å². The summed E-state index contributed by atoms with van der Waals surface area (Å²) in [4.78, 5) is 29.0. The van der Waals surface area contributed by atoms with E-state index in [0.29, 0.717) is 34.8 Å². The first kappa shape index (κ1) is 17.4. The Morgan fingerprint density at radius 3 is 2.92 bits per heavy atom. The minimum Gasteiger partial charge on any atom is -0.352 e. The van der Waals surface area contributed by atoms with Crippen LogP contribution in [0.2, 0.25) is 0 Å². The van der Waals surface area contributed by atoms with Gasteiger partial charge >= 0.3 is 0 Å². The van der Waals surface area contributed by atoms with Gasteiger partial charge in [0.05, 0.1) is 35.1 Å². The molecule has 0 bridgehead atoms. The molecule has 0 aromatic heterocycles. The normalized spacial score (nSPS) is 12.9. The maximum Gasteiger partial charge on any atom is 0.251 e. The van der Waals surface area contributed by atoms with Crippen molar-refractivity contribution in [1.82, 2.24) is 5.32 Å². The highest BCUT2D eigenvalue weighted by Crippen LogP contribution is 2.30. The lowest BCUT2D eigenvalue weighted by molar-refractivity contribution is -0.115. The van der Waals surface area contributed by atoms with Gasteiger partial charge in [-0.3, -0.25) is 14.6 Å². The van der Waals surface area contributed by atoms with Crippen LogP contribution in [-0.2, 0) is 4.79 Å². The van der Waals surface area contributed by atoms with Crippen LogP contribution in [0.3, 0.4) is 0 Å². The Morgan fingerprint density at radius 1 is 1.31 bits per heavy atom. The van der Waals surface area contributed by atoms with Gasteiger partial charge in [0.25, 0.3) is 5.91 Å². The smallest absolute Gasteiger partial charge is 0.251 e. The molecule has 0 unspecified atom stereocenters. The molecule has 1 aliphatic rings. The molecule has 2 N–H and O–H groups in total. The summed E-state index contributed by atoms with van der Waals surface area (Å²) < 4.78 is 0. The molecule has 0 saturated heterocycles. The first-order chi connectivity index (χ1) is 12.6. The fourth-order valence-corrected chi connectivity index (χ4v) is 2.68. The molecule has 6 heteroatoms. The van der Waals surface area contributed by atoms with E-state index in [1.165, 1.54) is 0 Å². The van der Waals surface area contributed by atoms with E-state index in [0.717, 1.165) is 12.0 Å². The minimum absolute atomic E-state index is 0.0981. The average molecular weight is 346 g/mol. The number of nitrogens with one attached hydrogen (secondary N) is 2. The van der Waals surface area contributed by atoms with Crippen molar-refractivity contribution in [2.75, 3.05) is 11.9 Å². The van der Waals surface area contributed by atoms with Gasteiger partial charge in [-0.15, -0.1) is 0 Å². The van der Waals surface area contributed by atoms with Crippen LogP contribution in [0.15, 0.2) is 47.5 Å². The number of rotatable bonds is 4. The number of nitrogens with zero attached hydrogens (tertiary/aromatic N) is 2. The van der Waals surface area contributed by atoms with Gasteiger partial charge in [0.1, 0.15) is 0 Å². The standard InChI is InChI=1S/C20H18N4O2/c1-2-8-22-20(26)15-6-7-16-18(10-15)24-19(25)11-17(23-16)14-5-3-4-13(9-14)12-21/h3-7,9-10H,2,8,11H2,1H3,(H,22,26)(H,24,25). The molecule has 130 valence electrons. The van der Waals surface area contributed by atoms with E-state index in [2.05, 4.69) is 21.7 Å². The maximum atomic E-state index is 12.3. The molecule has 0 spiro atoms. The molecule has 1 aliphatic heterocycles. The number of carbonyl (C=O) groups excluding carboxylic acids is 2. The van der Waals surface area contributed by atoms with Gasteiger partial charge in [-0.1, -0.05) is 19.1 Å². The van der Waals surface area contributed by atoms with Gasteiger partial charge in [0, 0.05) is 12.1 Å². The van der Waals surface area contributed by atoms with E-state index in [-0.39, 0.29) is 18.2 Å². The third-order valence-corrected chi connectivity index (χ3v) is 3.98. The third kappa shape index (κ3) is 3.78. The van der Waals surface area contributed by atoms with Crippen molar-refractivity contribution in [3.05, 3.63) is 59.2 Å². The summed E-state index contributed by atoms with van der Waals surface area (Å²) in [6.07, 6.45) is 0.948. The van der Waals surface area contributed by atoms with E-state index >= 15 is 0 Å². The topological polar surface area (TPSA) is 94.4 Å². The highest BCUT2D eigenvalue weighted by Gasteiger charge is 2.19. The Hall–Kier alpha value is -3.46.